The maximum atomic E-state index is 13.8. The number of likely N-dealkylation sites (tertiary alicyclic amines) is 1. The Bertz CT molecular complexity index is 1080. The van der Waals surface area contributed by atoms with Crippen LogP contribution in [0.3, 0.4) is 0 Å². The molecule has 0 N–H and O–H groups in total. The van der Waals surface area contributed by atoms with Gasteiger partial charge in [-0.2, -0.15) is 0 Å². The number of halogens is 1. The van der Waals surface area contributed by atoms with E-state index in [9.17, 15) is 9.18 Å². The van der Waals surface area contributed by atoms with Crippen molar-refractivity contribution in [3.8, 4) is 16.4 Å². The monoisotopic (exact) mass is 408 g/mol. The van der Waals surface area contributed by atoms with Crippen LogP contribution in [0.15, 0.2) is 41.8 Å². The minimum atomic E-state index is -0.341. The number of rotatable bonds is 4. The van der Waals surface area contributed by atoms with Gasteiger partial charge in [-0.25, -0.2) is 14.1 Å². The van der Waals surface area contributed by atoms with Crippen molar-refractivity contribution < 1.29 is 9.18 Å². The van der Waals surface area contributed by atoms with Gasteiger partial charge in [0.2, 0.25) is 5.82 Å². The van der Waals surface area contributed by atoms with Crippen LogP contribution in [0, 0.1) is 17.2 Å². The highest BCUT2D eigenvalue weighted by Gasteiger charge is 2.62. The summed E-state index contributed by atoms with van der Waals surface area (Å²) in [5, 5.41) is 6.50. The second kappa shape index (κ2) is 6.23. The molecule has 1 atom stereocenters. The normalized spacial score (nSPS) is 22.4. The van der Waals surface area contributed by atoms with E-state index in [1.807, 2.05) is 22.4 Å². The number of thiophene rings is 1. The summed E-state index contributed by atoms with van der Waals surface area (Å²) in [6, 6.07) is 10.5. The van der Waals surface area contributed by atoms with Crippen molar-refractivity contribution in [1.29, 1.82) is 0 Å². The Morgan fingerprint density at radius 2 is 2.07 bits per heavy atom. The third-order valence-corrected chi connectivity index (χ3v) is 7.59. The molecule has 1 aromatic carbocycles. The van der Waals surface area contributed by atoms with E-state index >= 15 is 0 Å². The Kier molecular flexibility index (Phi) is 3.72. The summed E-state index contributed by atoms with van der Waals surface area (Å²) in [7, 11) is 0. The van der Waals surface area contributed by atoms with Crippen LogP contribution in [0.25, 0.3) is 16.4 Å². The fourth-order valence-corrected chi connectivity index (χ4v) is 5.78. The fourth-order valence-electron chi connectivity index (χ4n) is 5.08. The van der Waals surface area contributed by atoms with Crippen LogP contribution < -0.4 is 0 Å². The Morgan fingerprint density at radius 1 is 1.21 bits per heavy atom. The lowest BCUT2D eigenvalue weighted by Gasteiger charge is -2.62. The van der Waals surface area contributed by atoms with Crippen LogP contribution in [-0.2, 0) is 0 Å². The molecular weight excluding hydrogens is 387 g/mol. The number of amides is 1. The van der Waals surface area contributed by atoms with E-state index in [-0.39, 0.29) is 17.5 Å². The van der Waals surface area contributed by atoms with E-state index in [0.29, 0.717) is 28.9 Å². The second-order valence-corrected chi connectivity index (χ2v) is 9.51. The number of carbonyl (C=O) groups is 1. The van der Waals surface area contributed by atoms with Gasteiger partial charge in [0, 0.05) is 18.0 Å². The lowest BCUT2D eigenvalue weighted by Crippen LogP contribution is -2.69. The van der Waals surface area contributed by atoms with Crippen molar-refractivity contribution in [2.24, 2.45) is 11.3 Å². The molecule has 1 amide bonds. The number of hydrogen-bond acceptors (Lipinski definition) is 4. The van der Waals surface area contributed by atoms with Gasteiger partial charge >= 0.3 is 0 Å². The Hall–Kier alpha value is -2.54. The number of aromatic nitrogens is 3. The van der Waals surface area contributed by atoms with Crippen LogP contribution >= 0.6 is 11.3 Å². The van der Waals surface area contributed by atoms with E-state index in [0.717, 1.165) is 11.4 Å². The van der Waals surface area contributed by atoms with Gasteiger partial charge in [-0.3, -0.25) is 4.79 Å². The van der Waals surface area contributed by atoms with Gasteiger partial charge in [-0.15, -0.1) is 16.4 Å². The van der Waals surface area contributed by atoms with Gasteiger partial charge < -0.3 is 4.90 Å². The predicted octanol–water partition coefficient (Wildman–Crippen LogP) is 4.54. The largest absolute Gasteiger partial charge is 0.331 e. The molecule has 3 fully saturated rings. The summed E-state index contributed by atoms with van der Waals surface area (Å²) >= 11 is 1.53. The molecule has 2 saturated carbocycles. The molecule has 1 saturated heterocycles. The zero-order valence-electron chi connectivity index (χ0n) is 15.9. The molecule has 29 heavy (non-hydrogen) atoms. The van der Waals surface area contributed by atoms with Crippen LogP contribution in [0.2, 0.25) is 0 Å². The molecule has 2 aromatic heterocycles. The highest BCUT2D eigenvalue weighted by Crippen LogP contribution is 2.59. The molecule has 1 spiro atoms. The van der Waals surface area contributed by atoms with Crippen molar-refractivity contribution in [2.45, 2.75) is 38.1 Å². The fraction of sp³-hybridized carbons (Fsp3) is 0.409. The van der Waals surface area contributed by atoms with E-state index in [1.165, 1.54) is 55.6 Å². The first-order valence-corrected chi connectivity index (χ1v) is 11.1. The molecule has 3 aromatic rings. The first-order chi connectivity index (χ1) is 14.1. The van der Waals surface area contributed by atoms with Crippen molar-refractivity contribution in [2.75, 3.05) is 6.54 Å². The molecule has 7 heteroatoms. The predicted molar refractivity (Wildman–Crippen MR) is 108 cm³/mol. The molecule has 148 valence electrons. The zero-order chi connectivity index (χ0) is 19.6. The summed E-state index contributed by atoms with van der Waals surface area (Å²) in [5.74, 6) is 1.00. The summed E-state index contributed by atoms with van der Waals surface area (Å²) in [4.78, 5) is 20.9. The maximum absolute atomic E-state index is 13.8. The molecule has 3 heterocycles. The Morgan fingerprint density at radius 3 is 2.72 bits per heavy atom. The van der Waals surface area contributed by atoms with Crippen molar-refractivity contribution >= 4 is 17.2 Å². The third kappa shape index (κ3) is 2.67. The van der Waals surface area contributed by atoms with Gasteiger partial charge in [0.1, 0.15) is 5.82 Å². The Balaban J connectivity index is 1.38. The lowest BCUT2D eigenvalue weighted by atomic mass is 9.56. The maximum Gasteiger partial charge on any atom is 0.293 e. The highest BCUT2D eigenvalue weighted by molar-refractivity contribution is 7.13. The minimum Gasteiger partial charge on any atom is -0.331 e. The van der Waals surface area contributed by atoms with Gasteiger partial charge in [0.05, 0.1) is 10.6 Å². The Labute approximate surface area is 172 Å². The molecule has 0 bridgehead atoms. The van der Waals surface area contributed by atoms with Gasteiger partial charge in [0.25, 0.3) is 5.91 Å². The van der Waals surface area contributed by atoms with Crippen LogP contribution in [0.1, 0.15) is 42.7 Å². The minimum absolute atomic E-state index is 0.0904. The topological polar surface area (TPSA) is 51.0 Å². The van der Waals surface area contributed by atoms with Gasteiger partial charge in [0.15, 0.2) is 5.82 Å². The average Bonchev–Trinajstić information content (AvgIpc) is 3.17. The van der Waals surface area contributed by atoms with E-state index in [4.69, 9.17) is 0 Å². The first kappa shape index (κ1) is 17.3. The van der Waals surface area contributed by atoms with Gasteiger partial charge in [-0.05, 0) is 61.2 Å². The van der Waals surface area contributed by atoms with E-state index in [1.54, 1.807) is 16.8 Å². The molecule has 0 radical (unpaired) electrons. The molecule has 6 rings (SSSR count). The average molecular weight is 409 g/mol. The van der Waals surface area contributed by atoms with E-state index in [2.05, 4.69) is 10.1 Å². The standard InChI is InChI=1S/C22H21FN4OS/c23-15-4-1-5-16(12-15)27-20(17-6-2-11-29-17)24-19(25-27)21(28)26-13-22(9-3-10-22)18(26)14-7-8-14/h1-2,4-6,11-12,14,18H,3,7-10,13H2. The summed E-state index contributed by atoms with van der Waals surface area (Å²) in [5.41, 5.74) is 0.927. The smallest absolute Gasteiger partial charge is 0.293 e. The molecule has 5 nitrogen and oxygen atoms in total. The van der Waals surface area contributed by atoms with Crippen molar-refractivity contribution in [3.05, 3.63) is 53.4 Å². The summed E-state index contributed by atoms with van der Waals surface area (Å²) < 4.78 is 15.4. The summed E-state index contributed by atoms with van der Waals surface area (Å²) in [6.07, 6.45) is 6.21. The number of carbonyl (C=O) groups excluding carboxylic acids is 1. The molecule has 1 aliphatic heterocycles. The zero-order valence-corrected chi connectivity index (χ0v) is 16.7. The SMILES string of the molecule is O=C(c1nc(-c2cccs2)n(-c2cccc(F)c2)n1)N1CC2(CCC2)C1C1CC1. The number of nitrogens with zero attached hydrogens (tertiary/aromatic N) is 4. The molecule has 3 aliphatic rings. The third-order valence-electron chi connectivity index (χ3n) is 6.72. The molecule has 2 aliphatic carbocycles. The molecular formula is C22H21FN4OS. The first-order valence-electron chi connectivity index (χ1n) is 10.2. The lowest BCUT2D eigenvalue weighted by molar-refractivity contribution is -0.112. The van der Waals surface area contributed by atoms with Crippen molar-refractivity contribution in [3.63, 3.8) is 0 Å². The second-order valence-electron chi connectivity index (χ2n) is 8.56. The van der Waals surface area contributed by atoms with Crippen LogP contribution in [0.5, 0.6) is 0 Å². The number of benzene rings is 1. The number of hydrogen-bond donors (Lipinski definition) is 0. The van der Waals surface area contributed by atoms with Gasteiger partial charge in [-0.1, -0.05) is 18.6 Å². The van der Waals surface area contributed by atoms with Crippen LogP contribution in [0.4, 0.5) is 4.39 Å². The van der Waals surface area contributed by atoms with Crippen molar-refractivity contribution in [1.82, 2.24) is 19.7 Å². The molecule has 1 unspecified atom stereocenters. The van der Waals surface area contributed by atoms with Crippen LogP contribution in [-0.4, -0.2) is 38.2 Å². The summed E-state index contributed by atoms with van der Waals surface area (Å²) in [6.45, 7) is 0.829. The van der Waals surface area contributed by atoms with E-state index < -0.39 is 0 Å². The highest BCUT2D eigenvalue weighted by atomic mass is 32.1. The quantitative estimate of drug-likeness (QED) is 0.637.